The maximum absolute atomic E-state index is 13.9. The van der Waals surface area contributed by atoms with Crippen LogP contribution < -0.4 is 5.43 Å². The van der Waals surface area contributed by atoms with Gasteiger partial charge in [-0.3, -0.25) is 9.36 Å². The molecule has 0 fully saturated rings. The van der Waals surface area contributed by atoms with Gasteiger partial charge in [0, 0.05) is 0 Å². The van der Waals surface area contributed by atoms with E-state index in [9.17, 15) is 14.4 Å². The first-order valence-corrected chi connectivity index (χ1v) is 11.5. The van der Waals surface area contributed by atoms with Crippen LogP contribution in [0.1, 0.15) is 54.2 Å². The van der Waals surface area contributed by atoms with E-state index < -0.39 is 23.6 Å². The van der Waals surface area contributed by atoms with Gasteiger partial charge in [0.15, 0.2) is 5.69 Å². The molecule has 0 atom stereocenters. The molecule has 2 aromatic carbocycles. The summed E-state index contributed by atoms with van der Waals surface area (Å²) in [6, 6.07) is 13.3. The zero-order valence-corrected chi connectivity index (χ0v) is 21.5. The van der Waals surface area contributed by atoms with Gasteiger partial charge in [-0.1, -0.05) is 48.4 Å². The van der Waals surface area contributed by atoms with Crippen LogP contribution in [-0.2, 0) is 22.6 Å². The predicted molar refractivity (Wildman–Crippen MR) is 135 cm³/mol. The van der Waals surface area contributed by atoms with Crippen LogP contribution in [0.15, 0.2) is 42.5 Å². The minimum atomic E-state index is -0.856. The third kappa shape index (κ3) is 6.15. The molecule has 36 heavy (non-hydrogen) atoms. The SMILES string of the molecule is CC#CCn1c(Cl)nc(C(=O)OC)c1C(=O)N(Cc1cccc2ccccc12)NC(=O)OC(C)(C)C. The molecule has 0 saturated heterocycles. The summed E-state index contributed by atoms with van der Waals surface area (Å²) < 4.78 is 11.5. The third-order valence-electron chi connectivity index (χ3n) is 4.99. The van der Waals surface area contributed by atoms with Crippen LogP contribution >= 0.6 is 11.6 Å². The molecule has 1 N–H and O–H groups in total. The summed E-state index contributed by atoms with van der Waals surface area (Å²) in [6.07, 6.45) is -0.846. The smallest absolute Gasteiger partial charge is 0.426 e. The van der Waals surface area contributed by atoms with Crippen molar-refractivity contribution < 1.29 is 23.9 Å². The standard InChI is InChI=1S/C26H27ClN4O5/c1-6-7-15-30-21(20(23(33)35-5)28-24(30)27)22(32)31(29-25(34)36-26(2,3)4)16-18-13-10-12-17-11-8-9-14-19(17)18/h8-14H,15-16H2,1-5H3,(H,29,34). The number of imidazole rings is 1. The van der Waals surface area contributed by atoms with Crippen molar-refractivity contribution in [3.8, 4) is 11.8 Å². The fourth-order valence-electron chi connectivity index (χ4n) is 3.49. The second-order valence-corrected chi connectivity index (χ2v) is 9.06. The van der Waals surface area contributed by atoms with Gasteiger partial charge in [0.05, 0.1) is 20.2 Å². The first-order chi connectivity index (χ1) is 17.1. The van der Waals surface area contributed by atoms with Crippen LogP contribution in [0.3, 0.4) is 0 Å². The highest BCUT2D eigenvalue weighted by atomic mass is 35.5. The lowest BCUT2D eigenvalue weighted by Crippen LogP contribution is -2.48. The molecule has 0 aliphatic rings. The minimum Gasteiger partial charge on any atom is -0.464 e. The largest absolute Gasteiger partial charge is 0.464 e. The Kier molecular flexibility index (Phi) is 8.22. The Morgan fingerprint density at radius 3 is 2.50 bits per heavy atom. The quantitative estimate of drug-likeness (QED) is 0.306. The summed E-state index contributed by atoms with van der Waals surface area (Å²) >= 11 is 6.26. The van der Waals surface area contributed by atoms with Gasteiger partial charge < -0.3 is 9.47 Å². The highest BCUT2D eigenvalue weighted by Gasteiger charge is 2.32. The molecule has 0 radical (unpaired) electrons. The summed E-state index contributed by atoms with van der Waals surface area (Å²) in [6.45, 7) is 6.70. The Hall–Kier alpha value is -4.03. The van der Waals surface area contributed by atoms with Crippen molar-refractivity contribution in [1.82, 2.24) is 20.0 Å². The predicted octanol–water partition coefficient (Wildman–Crippen LogP) is 4.58. The Bertz CT molecular complexity index is 1360. The van der Waals surface area contributed by atoms with E-state index in [4.69, 9.17) is 21.1 Å². The van der Waals surface area contributed by atoms with Gasteiger partial charge in [-0.05, 0) is 55.6 Å². The van der Waals surface area contributed by atoms with E-state index in [0.29, 0.717) is 0 Å². The fourth-order valence-corrected chi connectivity index (χ4v) is 3.71. The summed E-state index contributed by atoms with van der Waals surface area (Å²) in [4.78, 5) is 43.1. The monoisotopic (exact) mass is 510 g/mol. The molecule has 0 aliphatic carbocycles. The van der Waals surface area contributed by atoms with Gasteiger partial charge in [0.1, 0.15) is 11.3 Å². The van der Waals surface area contributed by atoms with E-state index in [1.807, 2.05) is 42.5 Å². The molecule has 10 heteroatoms. The normalized spacial score (nSPS) is 10.8. The Labute approximate surface area is 214 Å². The topological polar surface area (TPSA) is 103 Å². The van der Waals surface area contributed by atoms with Crippen LogP contribution in [0.5, 0.6) is 0 Å². The number of benzene rings is 2. The van der Waals surface area contributed by atoms with Crippen molar-refractivity contribution in [3.05, 3.63) is 64.7 Å². The van der Waals surface area contributed by atoms with Crippen molar-refractivity contribution in [2.45, 2.75) is 46.4 Å². The number of aromatic nitrogens is 2. The van der Waals surface area contributed by atoms with Gasteiger partial charge in [-0.15, -0.1) is 5.92 Å². The summed E-state index contributed by atoms with van der Waals surface area (Å²) in [7, 11) is 1.17. The fraction of sp³-hybridized carbons (Fsp3) is 0.308. The number of fused-ring (bicyclic) bond motifs is 1. The molecule has 188 valence electrons. The molecule has 9 nitrogen and oxygen atoms in total. The first kappa shape index (κ1) is 26.6. The van der Waals surface area contributed by atoms with E-state index >= 15 is 0 Å². The number of nitrogens with zero attached hydrogens (tertiary/aromatic N) is 3. The number of nitrogens with one attached hydrogen (secondary N) is 1. The molecule has 0 bridgehead atoms. The lowest BCUT2D eigenvalue weighted by atomic mass is 10.0. The molecule has 3 rings (SSSR count). The number of hydrazine groups is 1. The molecule has 0 saturated carbocycles. The molecule has 1 heterocycles. The molecule has 3 aromatic rings. The van der Waals surface area contributed by atoms with Gasteiger partial charge >= 0.3 is 12.1 Å². The second-order valence-electron chi connectivity index (χ2n) is 8.73. The Morgan fingerprint density at radius 1 is 1.14 bits per heavy atom. The van der Waals surface area contributed by atoms with Crippen molar-refractivity contribution in [3.63, 3.8) is 0 Å². The minimum absolute atomic E-state index is 0.00501. The van der Waals surface area contributed by atoms with E-state index in [1.165, 1.54) is 11.7 Å². The number of hydrogen-bond donors (Lipinski definition) is 1. The number of carbonyl (C=O) groups excluding carboxylic acids is 3. The molecule has 0 spiro atoms. The van der Waals surface area contributed by atoms with Crippen molar-refractivity contribution in [1.29, 1.82) is 0 Å². The van der Waals surface area contributed by atoms with Crippen LogP contribution in [0, 0.1) is 11.8 Å². The number of halogens is 1. The van der Waals surface area contributed by atoms with Crippen LogP contribution in [0.25, 0.3) is 10.8 Å². The van der Waals surface area contributed by atoms with Crippen molar-refractivity contribution in [2.24, 2.45) is 0 Å². The lowest BCUT2D eigenvalue weighted by Gasteiger charge is -2.27. The number of rotatable bonds is 5. The maximum atomic E-state index is 13.9. The molecule has 2 amide bonds. The Balaban J connectivity index is 2.11. The lowest BCUT2D eigenvalue weighted by molar-refractivity contribution is 0.0277. The number of esters is 1. The maximum Gasteiger partial charge on any atom is 0.426 e. The average Bonchev–Trinajstić information content (AvgIpc) is 3.16. The van der Waals surface area contributed by atoms with E-state index in [-0.39, 0.29) is 29.8 Å². The molecule has 0 unspecified atom stereocenters. The van der Waals surface area contributed by atoms with Gasteiger partial charge in [-0.25, -0.2) is 25.0 Å². The first-order valence-electron chi connectivity index (χ1n) is 11.1. The van der Waals surface area contributed by atoms with Crippen LogP contribution in [0.2, 0.25) is 5.28 Å². The van der Waals surface area contributed by atoms with Crippen LogP contribution in [-0.4, -0.2) is 45.2 Å². The number of methoxy groups -OCH3 is 1. The zero-order valence-electron chi connectivity index (χ0n) is 20.7. The van der Waals surface area contributed by atoms with Crippen LogP contribution in [0.4, 0.5) is 4.79 Å². The summed E-state index contributed by atoms with van der Waals surface area (Å²) in [5.74, 6) is 3.93. The number of carbonyl (C=O) groups is 3. The van der Waals surface area contributed by atoms with E-state index in [1.54, 1.807) is 27.7 Å². The highest BCUT2D eigenvalue weighted by molar-refractivity contribution is 6.29. The van der Waals surface area contributed by atoms with Gasteiger partial charge in [-0.2, -0.15) is 0 Å². The molecule has 0 aliphatic heterocycles. The third-order valence-corrected chi connectivity index (χ3v) is 5.28. The second kappa shape index (κ2) is 11.1. The zero-order chi connectivity index (χ0) is 26.5. The van der Waals surface area contributed by atoms with E-state index in [0.717, 1.165) is 21.3 Å². The van der Waals surface area contributed by atoms with Gasteiger partial charge in [0.2, 0.25) is 5.28 Å². The summed E-state index contributed by atoms with van der Waals surface area (Å²) in [5, 5.41) is 2.79. The Morgan fingerprint density at radius 2 is 1.83 bits per heavy atom. The molecular formula is C26H27ClN4O5. The van der Waals surface area contributed by atoms with Crippen molar-refractivity contribution in [2.75, 3.05) is 7.11 Å². The van der Waals surface area contributed by atoms with Crippen molar-refractivity contribution >= 4 is 40.3 Å². The van der Waals surface area contributed by atoms with Gasteiger partial charge in [0.25, 0.3) is 5.91 Å². The highest BCUT2D eigenvalue weighted by Crippen LogP contribution is 2.23. The molecule has 1 aromatic heterocycles. The number of hydrogen-bond acceptors (Lipinski definition) is 6. The molecular weight excluding hydrogens is 484 g/mol. The average molecular weight is 511 g/mol. The summed E-state index contributed by atoms with van der Waals surface area (Å²) in [5.41, 5.74) is 1.99. The number of amides is 2. The number of ether oxygens (including phenoxy) is 2. The van der Waals surface area contributed by atoms with E-state index in [2.05, 4.69) is 22.3 Å².